The van der Waals surface area contributed by atoms with Gasteiger partial charge in [-0.1, -0.05) is 6.07 Å². The number of nitrogens with zero attached hydrogens (tertiary/aromatic N) is 6. The highest BCUT2D eigenvalue weighted by molar-refractivity contribution is 6.03. The minimum absolute atomic E-state index is 0.224. The molecule has 1 aliphatic rings. The number of pyridine rings is 2. The van der Waals surface area contributed by atoms with Crippen LogP contribution >= 0.6 is 0 Å². The first kappa shape index (κ1) is 20.5. The standard InChI is InChI=1S/C22H25N7O2/c1-15-5-4-6-19(26-15)28-9-10-29(16(2)14-28)22-24-12-18(13-25-22)27-21(30)17-7-8-20(31-3)23-11-17/h4-8,11-13,16H,9-10,14H2,1-3H3,(H,27,30)/t16-/m0/s1. The van der Waals surface area contributed by atoms with E-state index in [1.54, 1.807) is 24.5 Å². The SMILES string of the molecule is COc1ccc(C(=O)Nc2cnc(N3CCN(c4cccc(C)n4)C[C@@H]3C)nc2)cn1. The van der Waals surface area contributed by atoms with Crippen molar-refractivity contribution in [1.82, 2.24) is 19.9 Å². The molecule has 0 spiro atoms. The van der Waals surface area contributed by atoms with Gasteiger partial charge in [0.25, 0.3) is 5.91 Å². The average Bonchev–Trinajstić information content (AvgIpc) is 2.80. The highest BCUT2D eigenvalue weighted by Gasteiger charge is 2.26. The third-order valence-electron chi connectivity index (χ3n) is 5.19. The maximum Gasteiger partial charge on any atom is 0.257 e. The second-order valence-corrected chi connectivity index (χ2v) is 7.44. The topological polar surface area (TPSA) is 96.4 Å². The Kier molecular flexibility index (Phi) is 5.92. The molecule has 1 fully saturated rings. The van der Waals surface area contributed by atoms with E-state index in [4.69, 9.17) is 4.74 Å². The summed E-state index contributed by atoms with van der Waals surface area (Å²) in [5, 5.41) is 2.79. The number of methoxy groups -OCH3 is 1. The number of hydrogen-bond donors (Lipinski definition) is 1. The Balaban J connectivity index is 1.38. The van der Waals surface area contributed by atoms with Crippen LogP contribution in [0.25, 0.3) is 0 Å². The lowest BCUT2D eigenvalue weighted by Gasteiger charge is -2.40. The molecule has 4 heterocycles. The van der Waals surface area contributed by atoms with Gasteiger partial charge in [-0.05, 0) is 32.0 Å². The Morgan fingerprint density at radius 1 is 1.10 bits per heavy atom. The first-order valence-corrected chi connectivity index (χ1v) is 10.1. The van der Waals surface area contributed by atoms with Gasteiger partial charge in [-0.2, -0.15) is 0 Å². The number of anilines is 3. The van der Waals surface area contributed by atoms with E-state index in [1.165, 1.54) is 13.3 Å². The van der Waals surface area contributed by atoms with Crippen LogP contribution < -0.4 is 19.9 Å². The van der Waals surface area contributed by atoms with Crippen molar-refractivity contribution in [1.29, 1.82) is 0 Å². The van der Waals surface area contributed by atoms with Gasteiger partial charge in [-0.25, -0.2) is 19.9 Å². The molecule has 0 bridgehead atoms. The van der Waals surface area contributed by atoms with Gasteiger partial charge in [0.2, 0.25) is 11.8 Å². The number of aryl methyl sites for hydroxylation is 1. The Bertz CT molecular complexity index is 1040. The summed E-state index contributed by atoms with van der Waals surface area (Å²) in [7, 11) is 1.53. The van der Waals surface area contributed by atoms with Gasteiger partial charge in [0.1, 0.15) is 5.82 Å². The highest BCUT2D eigenvalue weighted by atomic mass is 16.5. The quantitative estimate of drug-likeness (QED) is 0.674. The van der Waals surface area contributed by atoms with Crippen LogP contribution in [0.5, 0.6) is 5.88 Å². The normalized spacial score (nSPS) is 16.2. The van der Waals surface area contributed by atoms with Gasteiger partial charge in [-0.15, -0.1) is 0 Å². The van der Waals surface area contributed by atoms with Gasteiger partial charge in [0.05, 0.1) is 30.8 Å². The molecular weight excluding hydrogens is 394 g/mol. The number of hydrogen-bond acceptors (Lipinski definition) is 8. The molecule has 0 radical (unpaired) electrons. The van der Waals surface area contributed by atoms with Crippen LogP contribution in [0.3, 0.4) is 0 Å². The molecule has 1 atom stereocenters. The third-order valence-corrected chi connectivity index (χ3v) is 5.19. The molecule has 3 aromatic heterocycles. The van der Waals surface area contributed by atoms with Crippen molar-refractivity contribution < 1.29 is 9.53 Å². The molecule has 1 N–H and O–H groups in total. The number of nitrogens with one attached hydrogen (secondary N) is 1. The predicted octanol–water partition coefficient (Wildman–Crippen LogP) is 2.55. The minimum Gasteiger partial charge on any atom is -0.481 e. The summed E-state index contributed by atoms with van der Waals surface area (Å²) >= 11 is 0. The van der Waals surface area contributed by atoms with Crippen molar-refractivity contribution in [2.75, 3.05) is 41.9 Å². The summed E-state index contributed by atoms with van der Waals surface area (Å²) in [4.78, 5) is 34.4. The molecule has 1 amide bonds. The fraction of sp³-hybridized carbons (Fsp3) is 0.318. The summed E-state index contributed by atoms with van der Waals surface area (Å²) < 4.78 is 5.01. The molecule has 31 heavy (non-hydrogen) atoms. The summed E-state index contributed by atoms with van der Waals surface area (Å²) in [5.41, 5.74) is 1.97. The number of carbonyl (C=O) groups is 1. The molecule has 0 unspecified atom stereocenters. The Morgan fingerprint density at radius 2 is 1.90 bits per heavy atom. The first-order chi connectivity index (χ1) is 15.0. The maximum absolute atomic E-state index is 12.4. The molecule has 0 saturated carbocycles. The molecule has 3 aromatic rings. The number of carbonyl (C=O) groups excluding carboxylic acids is 1. The monoisotopic (exact) mass is 419 g/mol. The van der Waals surface area contributed by atoms with Crippen molar-refractivity contribution in [3.8, 4) is 5.88 Å². The lowest BCUT2D eigenvalue weighted by molar-refractivity contribution is 0.102. The zero-order valence-corrected chi connectivity index (χ0v) is 17.8. The molecule has 9 nitrogen and oxygen atoms in total. The molecule has 0 aromatic carbocycles. The van der Waals surface area contributed by atoms with E-state index < -0.39 is 0 Å². The Morgan fingerprint density at radius 3 is 2.55 bits per heavy atom. The summed E-state index contributed by atoms with van der Waals surface area (Å²) in [5.74, 6) is 1.82. The molecule has 4 rings (SSSR count). The molecule has 1 saturated heterocycles. The van der Waals surface area contributed by atoms with Crippen molar-refractivity contribution in [3.05, 3.63) is 60.2 Å². The number of rotatable bonds is 5. The molecule has 0 aliphatic carbocycles. The van der Waals surface area contributed by atoms with Crippen molar-refractivity contribution in [2.45, 2.75) is 19.9 Å². The summed E-state index contributed by atoms with van der Waals surface area (Å²) in [6.07, 6.45) is 4.71. The second-order valence-electron chi connectivity index (χ2n) is 7.44. The van der Waals surface area contributed by atoms with Crippen LogP contribution in [0.2, 0.25) is 0 Å². The van der Waals surface area contributed by atoms with Crippen LogP contribution in [0, 0.1) is 6.92 Å². The highest BCUT2D eigenvalue weighted by Crippen LogP contribution is 2.21. The van der Waals surface area contributed by atoms with Crippen molar-refractivity contribution >= 4 is 23.4 Å². The van der Waals surface area contributed by atoms with E-state index in [-0.39, 0.29) is 11.9 Å². The van der Waals surface area contributed by atoms with Crippen LogP contribution in [0.4, 0.5) is 17.5 Å². The molecule has 9 heteroatoms. The fourth-order valence-electron chi connectivity index (χ4n) is 3.54. The van der Waals surface area contributed by atoms with Crippen molar-refractivity contribution in [3.63, 3.8) is 0 Å². The van der Waals surface area contributed by atoms with Gasteiger partial charge in [0.15, 0.2) is 0 Å². The van der Waals surface area contributed by atoms with E-state index in [9.17, 15) is 4.79 Å². The van der Waals surface area contributed by atoms with Crippen molar-refractivity contribution in [2.24, 2.45) is 0 Å². The maximum atomic E-state index is 12.4. The second kappa shape index (κ2) is 8.95. The van der Waals surface area contributed by atoms with E-state index in [0.717, 1.165) is 31.1 Å². The van der Waals surface area contributed by atoms with E-state index >= 15 is 0 Å². The van der Waals surface area contributed by atoms with Crippen LogP contribution in [-0.2, 0) is 0 Å². The van der Waals surface area contributed by atoms with Crippen LogP contribution in [0.15, 0.2) is 48.9 Å². The zero-order chi connectivity index (χ0) is 21.8. The molecule has 1 aliphatic heterocycles. The minimum atomic E-state index is -0.279. The Labute approximate surface area is 181 Å². The number of ether oxygens (including phenoxy) is 1. The Hall–Kier alpha value is -3.75. The molecular formula is C22H25N7O2. The number of amides is 1. The summed E-state index contributed by atoms with van der Waals surface area (Å²) in [6, 6.07) is 9.60. The zero-order valence-electron chi connectivity index (χ0n) is 17.8. The van der Waals surface area contributed by atoms with Gasteiger partial charge >= 0.3 is 0 Å². The van der Waals surface area contributed by atoms with Crippen LogP contribution in [-0.4, -0.2) is 58.6 Å². The first-order valence-electron chi connectivity index (χ1n) is 10.1. The van der Waals surface area contributed by atoms with Gasteiger partial charge in [-0.3, -0.25) is 4.79 Å². The van der Waals surface area contributed by atoms with E-state index in [1.807, 2.05) is 25.1 Å². The number of aromatic nitrogens is 4. The lowest BCUT2D eigenvalue weighted by Crippen LogP contribution is -2.53. The smallest absolute Gasteiger partial charge is 0.257 e. The predicted molar refractivity (Wildman–Crippen MR) is 119 cm³/mol. The average molecular weight is 419 g/mol. The third kappa shape index (κ3) is 4.71. The van der Waals surface area contributed by atoms with Gasteiger partial charge in [0, 0.05) is 43.6 Å². The molecule has 160 valence electrons. The van der Waals surface area contributed by atoms with Crippen LogP contribution in [0.1, 0.15) is 23.0 Å². The van der Waals surface area contributed by atoms with Gasteiger partial charge < -0.3 is 19.9 Å². The summed E-state index contributed by atoms with van der Waals surface area (Å²) in [6.45, 7) is 6.62. The largest absolute Gasteiger partial charge is 0.481 e. The lowest BCUT2D eigenvalue weighted by atomic mass is 10.2. The fourth-order valence-corrected chi connectivity index (χ4v) is 3.54. The van der Waals surface area contributed by atoms with E-state index in [0.29, 0.717) is 23.1 Å². The van der Waals surface area contributed by atoms with E-state index in [2.05, 4.69) is 42.0 Å². The number of piperazine rings is 1.